The van der Waals surface area contributed by atoms with Gasteiger partial charge in [-0.25, -0.2) is 4.98 Å². The van der Waals surface area contributed by atoms with E-state index in [9.17, 15) is 0 Å². The average Bonchev–Trinajstić information content (AvgIpc) is 2.86. The Morgan fingerprint density at radius 1 is 1.59 bits per heavy atom. The fourth-order valence-electron chi connectivity index (χ4n) is 1.30. The lowest BCUT2D eigenvalue weighted by Crippen LogP contribution is -2.05. The first kappa shape index (κ1) is 12.3. The van der Waals surface area contributed by atoms with Gasteiger partial charge in [0.2, 0.25) is 0 Å². The highest BCUT2D eigenvalue weighted by molar-refractivity contribution is 7.12. The first-order chi connectivity index (χ1) is 8.11. The molecule has 2 heterocycles. The molecule has 0 spiro atoms. The van der Waals surface area contributed by atoms with Gasteiger partial charge in [0.25, 0.3) is 0 Å². The van der Waals surface area contributed by atoms with Crippen molar-refractivity contribution in [1.82, 2.24) is 9.36 Å². The second-order valence-electron chi connectivity index (χ2n) is 3.46. The summed E-state index contributed by atoms with van der Waals surface area (Å²) in [5.41, 5.74) is 0.400. The number of nitrogens with one attached hydrogen (secondary N) is 1. The van der Waals surface area contributed by atoms with Crippen LogP contribution in [0.1, 0.15) is 28.4 Å². The van der Waals surface area contributed by atoms with Crippen LogP contribution in [-0.2, 0) is 0 Å². The molecule has 0 radical (unpaired) electrons. The molecule has 7 heteroatoms. The number of anilines is 1. The second-order valence-corrected chi connectivity index (χ2v) is 5.86. The number of nitriles is 1. The summed E-state index contributed by atoms with van der Waals surface area (Å²) in [7, 11) is 0. The molecule has 0 fully saturated rings. The van der Waals surface area contributed by atoms with Crippen LogP contribution >= 0.6 is 34.5 Å². The Labute approximate surface area is 112 Å². The fraction of sp³-hybridized carbons (Fsp3) is 0.300. The molecule has 0 amide bonds. The van der Waals surface area contributed by atoms with E-state index >= 15 is 0 Å². The summed E-state index contributed by atoms with van der Waals surface area (Å²) in [5, 5.41) is 14.1. The molecule has 88 valence electrons. The van der Waals surface area contributed by atoms with Gasteiger partial charge in [0.05, 0.1) is 6.04 Å². The number of aryl methyl sites for hydroxylation is 1. The largest absolute Gasteiger partial charge is 0.366 e. The molecule has 0 aliphatic rings. The Hall–Kier alpha value is -1.16. The molecule has 1 N–H and O–H groups in total. The Morgan fingerprint density at radius 2 is 2.35 bits per heavy atom. The summed E-state index contributed by atoms with van der Waals surface area (Å²) < 4.78 is 3.94. The van der Waals surface area contributed by atoms with E-state index in [-0.39, 0.29) is 11.2 Å². The first-order valence-corrected chi connectivity index (χ1v) is 6.82. The standard InChI is InChI=1S/C10H9ClN4S2/c1-5-4-13-9(16-5)6(2)14-10-7(3-12)8(11)15-17-10/h4,6,14H,1-2H3. The molecule has 17 heavy (non-hydrogen) atoms. The third-order valence-electron chi connectivity index (χ3n) is 2.12. The zero-order valence-electron chi connectivity index (χ0n) is 9.19. The maximum absolute atomic E-state index is 8.95. The van der Waals surface area contributed by atoms with E-state index in [2.05, 4.69) is 14.7 Å². The van der Waals surface area contributed by atoms with Gasteiger partial charge in [0.1, 0.15) is 21.6 Å². The Balaban J connectivity index is 2.19. The van der Waals surface area contributed by atoms with E-state index in [1.54, 1.807) is 11.3 Å². The normalized spacial score (nSPS) is 12.1. The summed E-state index contributed by atoms with van der Waals surface area (Å²) in [5.74, 6) is 0. The van der Waals surface area contributed by atoms with Gasteiger partial charge in [-0.3, -0.25) is 0 Å². The highest BCUT2D eigenvalue weighted by Crippen LogP contribution is 2.31. The predicted octanol–water partition coefficient (Wildman–Crippen LogP) is 3.61. The molecule has 2 rings (SSSR count). The van der Waals surface area contributed by atoms with Gasteiger partial charge >= 0.3 is 0 Å². The smallest absolute Gasteiger partial charge is 0.162 e. The fourth-order valence-corrected chi connectivity index (χ4v) is 3.10. The molecule has 0 aromatic carbocycles. The van der Waals surface area contributed by atoms with Gasteiger partial charge < -0.3 is 5.32 Å². The molecular formula is C10H9ClN4S2. The zero-order chi connectivity index (χ0) is 12.4. The summed E-state index contributed by atoms with van der Waals surface area (Å²) in [6.45, 7) is 4.01. The number of nitrogens with zero attached hydrogens (tertiary/aromatic N) is 3. The summed E-state index contributed by atoms with van der Waals surface area (Å²) in [6.07, 6.45) is 1.84. The topological polar surface area (TPSA) is 61.6 Å². The third-order valence-corrected chi connectivity index (χ3v) is 4.37. The van der Waals surface area contributed by atoms with Crippen LogP contribution in [0.3, 0.4) is 0 Å². The Morgan fingerprint density at radius 3 is 2.94 bits per heavy atom. The average molecular weight is 285 g/mol. The van der Waals surface area contributed by atoms with Gasteiger partial charge in [-0.2, -0.15) is 9.64 Å². The lowest BCUT2D eigenvalue weighted by Gasteiger charge is -2.10. The van der Waals surface area contributed by atoms with E-state index in [1.165, 1.54) is 11.5 Å². The molecular weight excluding hydrogens is 276 g/mol. The van der Waals surface area contributed by atoms with Gasteiger partial charge in [0.15, 0.2) is 5.15 Å². The van der Waals surface area contributed by atoms with E-state index < -0.39 is 0 Å². The van der Waals surface area contributed by atoms with Gasteiger partial charge in [0, 0.05) is 11.1 Å². The Kier molecular flexibility index (Phi) is 3.62. The maximum Gasteiger partial charge on any atom is 0.162 e. The van der Waals surface area contributed by atoms with Crippen LogP contribution in [0.2, 0.25) is 5.15 Å². The van der Waals surface area contributed by atoms with Crippen LogP contribution in [0.5, 0.6) is 0 Å². The van der Waals surface area contributed by atoms with Crippen molar-refractivity contribution in [3.05, 3.63) is 26.8 Å². The number of hydrogen-bond donors (Lipinski definition) is 1. The van der Waals surface area contributed by atoms with Crippen LogP contribution in [0, 0.1) is 18.3 Å². The minimum absolute atomic E-state index is 0.0392. The molecule has 0 saturated heterocycles. The third kappa shape index (κ3) is 2.57. The lowest BCUT2D eigenvalue weighted by molar-refractivity contribution is 0.873. The Bertz CT molecular complexity index is 569. The van der Waals surface area contributed by atoms with Gasteiger partial charge in [-0.1, -0.05) is 11.6 Å². The van der Waals surface area contributed by atoms with E-state index in [0.717, 1.165) is 9.88 Å². The quantitative estimate of drug-likeness (QED) is 0.935. The lowest BCUT2D eigenvalue weighted by atomic mass is 10.3. The minimum atomic E-state index is 0.0392. The van der Waals surface area contributed by atoms with Crippen LogP contribution in [0.25, 0.3) is 0 Å². The molecule has 0 bridgehead atoms. The molecule has 1 unspecified atom stereocenters. The van der Waals surface area contributed by atoms with Gasteiger partial charge in [-0.15, -0.1) is 11.3 Å². The van der Waals surface area contributed by atoms with Crippen molar-refractivity contribution in [3.8, 4) is 6.07 Å². The highest BCUT2D eigenvalue weighted by atomic mass is 35.5. The van der Waals surface area contributed by atoms with Crippen LogP contribution < -0.4 is 5.32 Å². The second kappa shape index (κ2) is 5.00. The van der Waals surface area contributed by atoms with E-state index in [1.807, 2.05) is 26.1 Å². The summed E-state index contributed by atoms with van der Waals surface area (Å²) in [6, 6.07) is 2.08. The SMILES string of the molecule is Cc1cnc(C(C)Nc2snc(Cl)c2C#N)s1. The summed E-state index contributed by atoms with van der Waals surface area (Å²) in [4.78, 5) is 5.46. The molecule has 2 aromatic heterocycles. The van der Waals surface area contributed by atoms with Crippen molar-refractivity contribution in [2.24, 2.45) is 0 Å². The number of thiazole rings is 1. The summed E-state index contributed by atoms with van der Waals surface area (Å²) >= 11 is 8.62. The van der Waals surface area contributed by atoms with Crippen LogP contribution in [-0.4, -0.2) is 9.36 Å². The zero-order valence-corrected chi connectivity index (χ0v) is 11.6. The molecule has 4 nitrogen and oxygen atoms in total. The minimum Gasteiger partial charge on any atom is -0.366 e. The van der Waals surface area contributed by atoms with E-state index in [0.29, 0.717) is 10.6 Å². The molecule has 0 aliphatic carbocycles. The van der Waals surface area contributed by atoms with Crippen LogP contribution in [0.4, 0.5) is 5.00 Å². The van der Waals surface area contributed by atoms with E-state index in [4.69, 9.17) is 16.9 Å². The highest BCUT2D eigenvalue weighted by Gasteiger charge is 2.16. The molecule has 0 aliphatic heterocycles. The number of rotatable bonds is 3. The van der Waals surface area contributed by atoms with Crippen molar-refractivity contribution in [2.75, 3.05) is 5.32 Å². The van der Waals surface area contributed by atoms with Gasteiger partial charge in [-0.05, 0) is 25.4 Å². The molecule has 2 aromatic rings. The van der Waals surface area contributed by atoms with Crippen molar-refractivity contribution in [1.29, 1.82) is 5.26 Å². The predicted molar refractivity (Wildman–Crippen MR) is 70.7 cm³/mol. The number of hydrogen-bond acceptors (Lipinski definition) is 6. The van der Waals surface area contributed by atoms with Crippen molar-refractivity contribution >= 4 is 39.5 Å². The molecule has 0 saturated carbocycles. The monoisotopic (exact) mass is 284 g/mol. The van der Waals surface area contributed by atoms with Crippen molar-refractivity contribution in [3.63, 3.8) is 0 Å². The molecule has 1 atom stereocenters. The first-order valence-electron chi connectivity index (χ1n) is 4.86. The van der Waals surface area contributed by atoms with Crippen molar-refractivity contribution in [2.45, 2.75) is 19.9 Å². The maximum atomic E-state index is 8.95. The number of aromatic nitrogens is 2. The number of halogens is 1. The van der Waals surface area contributed by atoms with Crippen LogP contribution in [0.15, 0.2) is 6.20 Å². The van der Waals surface area contributed by atoms with Crippen molar-refractivity contribution < 1.29 is 0 Å².